The molecule has 1 saturated heterocycles. The Kier molecular flexibility index (Phi) is 2.54. The maximum Gasteiger partial charge on any atom is 0.321 e. The van der Waals surface area contributed by atoms with Crippen molar-refractivity contribution < 1.29 is 14.3 Å². The normalized spacial score (nSPS) is 21.3. The third kappa shape index (κ3) is 1.91. The van der Waals surface area contributed by atoms with Gasteiger partial charge in [-0.25, -0.2) is 0 Å². The van der Waals surface area contributed by atoms with Crippen LogP contribution in [0.25, 0.3) is 0 Å². The van der Waals surface area contributed by atoms with Crippen LogP contribution in [0.15, 0.2) is 24.3 Å². The topological polar surface area (TPSA) is 43.4 Å². The second-order valence-electron chi connectivity index (χ2n) is 3.74. The van der Waals surface area contributed by atoms with E-state index in [0.29, 0.717) is 12.8 Å². The quantitative estimate of drug-likeness (QED) is 0.518. The van der Waals surface area contributed by atoms with Crippen LogP contribution in [-0.4, -0.2) is 11.9 Å². The Morgan fingerprint density at radius 3 is 2.67 bits per heavy atom. The summed E-state index contributed by atoms with van der Waals surface area (Å²) in [7, 11) is 0. The summed E-state index contributed by atoms with van der Waals surface area (Å²) in [6, 6.07) is 7.69. The summed E-state index contributed by atoms with van der Waals surface area (Å²) >= 11 is 0. The first-order chi connectivity index (χ1) is 7.18. The SMILES string of the molecule is Cc1ccccc1[C@H]1CCC(=O)OC1=O. The molecule has 1 atom stereocenters. The highest BCUT2D eigenvalue weighted by Crippen LogP contribution is 2.29. The smallest absolute Gasteiger partial charge is 0.321 e. The molecule has 1 fully saturated rings. The molecule has 0 amide bonds. The summed E-state index contributed by atoms with van der Waals surface area (Å²) in [6.07, 6.45) is 0.882. The Labute approximate surface area is 88.1 Å². The van der Waals surface area contributed by atoms with E-state index in [0.717, 1.165) is 11.1 Å². The Bertz CT molecular complexity index is 409. The molecule has 1 aromatic carbocycles. The molecule has 0 aromatic heterocycles. The number of rotatable bonds is 1. The number of hydrogen-bond donors (Lipinski definition) is 0. The molecular weight excluding hydrogens is 192 g/mol. The summed E-state index contributed by atoms with van der Waals surface area (Å²) < 4.78 is 4.63. The molecule has 0 unspecified atom stereocenters. The molecule has 78 valence electrons. The first-order valence-electron chi connectivity index (χ1n) is 4.98. The molecule has 1 aliphatic heterocycles. The van der Waals surface area contributed by atoms with E-state index in [1.165, 1.54) is 0 Å². The highest BCUT2D eigenvalue weighted by Gasteiger charge is 2.30. The van der Waals surface area contributed by atoms with Gasteiger partial charge in [0.25, 0.3) is 0 Å². The zero-order valence-corrected chi connectivity index (χ0v) is 8.53. The number of benzene rings is 1. The zero-order chi connectivity index (χ0) is 10.8. The van der Waals surface area contributed by atoms with Crippen molar-refractivity contribution in [1.82, 2.24) is 0 Å². The lowest BCUT2D eigenvalue weighted by atomic mass is 9.90. The first kappa shape index (κ1) is 9.90. The van der Waals surface area contributed by atoms with Crippen molar-refractivity contribution in [2.75, 3.05) is 0 Å². The largest absolute Gasteiger partial charge is 0.393 e. The number of cyclic esters (lactones) is 2. The van der Waals surface area contributed by atoms with Crippen molar-refractivity contribution in [2.24, 2.45) is 0 Å². The van der Waals surface area contributed by atoms with Crippen LogP contribution in [0.4, 0.5) is 0 Å². The Hall–Kier alpha value is -1.64. The fourth-order valence-electron chi connectivity index (χ4n) is 1.87. The minimum atomic E-state index is -0.416. The molecular formula is C12H12O3. The maximum absolute atomic E-state index is 11.5. The van der Waals surface area contributed by atoms with Gasteiger partial charge in [0.1, 0.15) is 0 Å². The molecule has 0 spiro atoms. The molecule has 15 heavy (non-hydrogen) atoms. The average Bonchev–Trinajstić information content (AvgIpc) is 2.20. The van der Waals surface area contributed by atoms with Gasteiger partial charge in [0.05, 0.1) is 5.92 Å². The number of carbonyl (C=O) groups is 2. The second kappa shape index (κ2) is 3.85. The van der Waals surface area contributed by atoms with Crippen LogP contribution in [0, 0.1) is 6.92 Å². The number of ether oxygens (including phenoxy) is 1. The second-order valence-corrected chi connectivity index (χ2v) is 3.74. The van der Waals surface area contributed by atoms with E-state index in [-0.39, 0.29) is 5.92 Å². The monoisotopic (exact) mass is 204 g/mol. The molecule has 0 N–H and O–H groups in total. The van der Waals surface area contributed by atoms with Crippen molar-refractivity contribution >= 4 is 11.9 Å². The van der Waals surface area contributed by atoms with Crippen molar-refractivity contribution in [1.29, 1.82) is 0 Å². The van der Waals surface area contributed by atoms with E-state index in [2.05, 4.69) is 4.74 Å². The standard InChI is InChI=1S/C12H12O3/c1-8-4-2-3-5-9(8)10-6-7-11(13)15-12(10)14/h2-5,10H,6-7H2,1H3/t10-/m1/s1. The van der Waals surface area contributed by atoms with E-state index in [1.807, 2.05) is 31.2 Å². The highest BCUT2D eigenvalue weighted by molar-refractivity contribution is 5.92. The van der Waals surface area contributed by atoms with Crippen molar-refractivity contribution in [3.8, 4) is 0 Å². The van der Waals surface area contributed by atoms with Crippen molar-refractivity contribution in [2.45, 2.75) is 25.7 Å². The van der Waals surface area contributed by atoms with Crippen molar-refractivity contribution in [3.05, 3.63) is 35.4 Å². The molecule has 1 aliphatic rings. The van der Waals surface area contributed by atoms with E-state index >= 15 is 0 Å². The minimum Gasteiger partial charge on any atom is -0.393 e. The Morgan fingerprint density at radius 1 is 1.27 bits per heavy atom. The Morgan fingerprint density at radius 2 is 2.00 bits per heavy atom. The summed E-state index contributed by atoms with van der Waals surface area (Å²) in [5.74, 6) is -1.10. The minimum absolute atomic E-state index is 0.274. The van der Waals surface area contributed by atoms with Gasteiger partial charge in [-0.1, -0.05) is 24.3 Å². The van der Waals surface area contributed by atoms with Gasteiger partial charge in [-0.05, 0) is 24.5 Å². The molecule has 0 aliphatic carbocycles. The predicted molar refractivity (Wildman–Crippen MR) is 54.3 cm³/mol. The predicted octanol–water partition coefficient (Wildman–Crippen LogP) is 1.94. The van der Waals surface area contributed by atoms with Crippen LogP contribution in [0.2, 0.25) is 0 Å². The molecule has 2 rings (SSSR count). The van der Waals surface area contributed by atoms with Gasteiger partial charge >= 0.3 is 11.9 Å². The van der Waals surface area contributed by atoms with Crippen molar-refractivity contribution in [3.63, 3.8) is 0 Å². The fourth-order valence-corrected chi connectivity index (χ4v) is 1.87. The Balaban J connectivity index is 2.28. The van der Waals surface area contributed by atoms with Gasteiger partial charge in [0, 0.05) is 6.42 Å². The van der Waals surface area contributed by atoms with Crippen LogP contribution in [0.5, 0.6) is 0 Å². The van der Waals surface area contributed by atoms with Gasteiger partial charge < -0.3 is 4.74 Å². The maximum atomic E-state index is 11.5. The highest BCUT2D eigenvalue weighted by atomic mass is 16.6. The number of carbonyl (C=O) groups excluding carboxylic acids is 2. The van der Waals surface area contributed by atoms with Gasteiger partial charge in [-0.2, -0.15) is 0 Å². The molecule has 1 aromatic rings. The number of esters is 2. The van der Waals surface area contributed by atoms with Gasteiger partial charge in [-0.3, -0.25) is 9.59 Å². The van der Waals surface area contributed by atoms with Crippen LogP contribution in [0.1, 0.15) is 29.9 Å². The lowest BCUT2D eigenvalue weighted by Crippen LogP contribution is -2.26. The summed E-state index contributed by atoms with van der Waals surface area (Å²) in [5.41, 5.74) is 2.03. The summed E-state index contributed by atoms with van der Waals surface area (Å²) in [6.45, 7) is 1.96. The van der Waals surface area contributed by atoms with Gasteiger partial charge in [0.2, 0.25) is 0 Å². The van der Waals surface area contributed by atoms with E-state index in [1.54, 1.807) is 0 Å². The van der Waals surface area contributed by atoms with Gasteiger partial charge in [-0.15, -0.1) is 0 Å². The lowest BCUT2D eigenvalue weighted by molar-refractivity contribution is -0.164. The van der Waals surface area contributed by atoms with E-state index in [4.69, 9.17) is 0 Å². The third-order valence-electron chi connectivity index (χ3n) is 2.70. The zero-order valence-electron chi connectivity index (χ0n) is 8.53. The molecule has 3 heteroatoms. The summed E-state index contributed by atoms with van der Waals surface area (Å²) in [4.78, 5) is 22.4. The number of hydrogen-bond acceptors (Lipinski definition) is 3. The first-order valence-corrected chi connectivity index (χ1v) is 4.98. The molecule has 0 bridgehead atoms. The van der Waals surface area contributed by atoms with Crippen LogP contribution in [0.3, 0.4) is 0 Å². The lowest BCUT2D eigenvalue weighted by Gasteiger charge is -2.21. The average molecular weight is 204 g/mol. The van der Waals surface area contributed by atoms with Crippen LogP contribution >= 0.6 is 0 Å². The fraction of sp³-hybridized carbons (Fsp3) is 0.333. The van der Waals surface area contributed by atoms with Crippen LogP contribution in [-0.2, 0) is 14.3 Å². The number of aryl methyl sites for hydroxylation is 1. The molecule has 1 heterocycles. The van der Waals surface area contributed by atoms with E-state index < -0.39 is 11.9 Å². The summed E-state index contributed by atoms with van der Waals surface area (Å²) in [5, 5.41) is 0. The van der Waals surface area contributed by atoms with Gasteiger partial charge in [0.15, 0.2) is 0 Å². The molecule has 0 radical (unpaired) electrons. The molecule has 3 nitrogen and oxygen atoms in total. The van der Waals surface area contributed by atoms with E-state index in [9.17, 15) is 9.59 Å². The van der Waals surface area contributed by atoms with Crippen LogP contribution < -0.4 is 0 Å². The molecule has 0 saturated carbocycles. The third-order valence-corrected chi connectivity index (χ3v) is 2.70.